The highest BCUT2D eigenvalue weighted by Crippen LogP contribution is 2.14. The van der Waals surface area contributed by atoms with Gasteiger partial charge in [0.15, 0.2) is 0 Å². The Balaban J connectivity index is 3.04. The van der Waals surface area contributed by atoms with Gasteiger partial charge in [0.05, 0.1) is 5.25 Å². The molecule has 2 nitrogen and oxygen atoms in total. The van der Waals surface area contributed by atoms with Gasteiger partial charge in [-0.25, -0.2) is 0 Å². The highest BCUT2D eigenvalue weighted by atomic mass is 32.1. The maximum absolute atomic E-state index is 10.6. The Hall–Kier alpha value is -0.180. The van der Waals surface area contributed by atoms with Gasteiger partial charge in [-0.15, -0.1) is 0 Å². The van der Waals surface area contributed by atoms with Gasteiger partial charge in [-0.1, -0.05) is 103 Å². The smallest absolute Gasteiger partial charge is 0.316 e. The van der Waals surface area contributed by atoms with Crippen molar-refractivity contribution in [1.29, 1.82) is 0 Å². The molecule has 0 saturated heterocycles. The Morgan fingerprint density at radius 3 is 1.36 bits per heavy atom. The SMILES string of the molecule is CCCCCCCCCCCCCCCCCC(S)C(=O)O. The van der Waals surface area contributed by atoms with Gasteiger partial charge in [0.25, 0.3) is 0 Å². The lowest BCUT2D eigenvalue weighted by Crippen LogP contribution is -2.12. The number of thiol groups is 1. The van der Waals surface area contributed by atoms with Gasteiger partial charge < -0.3 is 5.11 Å². The van der Waals surface area contributed by atoms with Crippen LogP contribution in [0.3, 0.4) is 0 Å². The summed E-state index contributed by atoms with van der Waals surface area (Å²) in [7, 11) is 0. The lowest BCUT2D eigenvalue weighted by molar-refractivity contribution is -0.136. The molecule has 0 aromatic rings. The van der Waals surface area contributed by atoms with E-state index in [1.165, 1.54) is 83.5 Å². The molecule has 0 aliphatic rings. The first kappa shape index (κ1) is 21.8. The van der Waals surface area contributed by atoms with Crippen molar-refractivity contribution in [2.45, 2.75) is 115 Å². The summed E-state index contributed by atoms with van der Waals surface area (Å²) in [5.41, 5.74) is 0. The van der Waals surface area contributed by atoms with Crippen LogP contribution in [0.25, 0.3) is 0 Å². The first-order chi connectivity index (χ1) is 10.7. The molecule has 0 aliphatic carbocycles. The first-order valence-electron chi connectivity index (χ1n) is 9.59. The van der Waals surface area contributed by atoms with Gasteiger partial charge in [-0.2, -0.15) is 12.6 Å². The number of carboxylic acid groups (broad SMARTS) is 1. The predicted molar refractivity (Wildman–Crippen MR) is 100.0 cm³/mol. The lowest BCUT2D eigenvalue weighted by atomic mass is 10.0. The molecule has 0 rings (SSSR count). The van der Waals surface area contributed by atoms with E-state index in [9.17, 15) is 4.79 Å². The van der Waals surface area contributed by atoms with Crippen molar-refractivity contribution in [1.82, 2.24) is 0 Å². The lowest BCUT2D eigenvalue weighted by Gasteiger charge is -2.05. The van der Waals surface area contributed by atoms with Crippen LogP contribution < -0.4 is 0 Å². The highest BCUT2D eigenvalue weighted by Gasteiger charge is 2.10. The molecule has 0 radical (unpaired) electrons. The van der Waals surface area contributed by atoms with Crippen LogP contribution in [0.2, 0.25) is 0 Å². The molecule has 22 heavy (non-hydrogen) atoms. The normalized spacial score (nSPS) is 12.5. The molecule has 1 atom stereocenters. The van der Waals surface area contributed by atoms with Crippen molar-refractivity contribution >= 4 is 18.6 Å². The summed E-state index contributed by atoms with van der Waals surface area (Å²) in [6.45, 7) is 2.27. The number of carbonyl (C=O) groups is 1. The van der Waals surface area contributed by atoms with Crippen molar-refractivity contribution < 1.29 is 9.90 Å². The van der Waals surface area contributed by atoms with E-state index >= 15 is 0 Å². The summed E-state index contributed by atoms with van der Waals surface area (Å²) in [5, 5.41) is 8.25. The third-order valence-corrected chi connectivity index (χ3v) is 4.85. The standard InChI is InChI=1S/C19H38O2S/c1-2-3-4-5-6-7-8-9-10-11-12-13-14-15-16-17-18(22)19(20)21/h18,22H,2-17H2,1H3,(H,20,21). The van der Waals surface area contributed by atoms with E-state index in [1.54, 1.807) is 0 Å². The van der Waals surface area contributed by atoms with Crippen LogP contribution in [-0.2, 0) is 4.79 Å². The summed E-state index contributed by atoms with van der Waals surface area (Å²) in [6.07, 6.45) is 20.8. The Morgan fingerprint density at radius 2 is 1.05 bits per heavy atom. The molecule has 3 heteroatoms. The molecule has 0 bridgehead atoms. The molecule has 0 saturated carbocycles. The van der Waals surface area contributed by atoms with Gasteiger partial charge in [-0.05, 0) is 6.42 Å². The predicted octanol–water partition coefficient (Wildman–Crippen LogP) is 6.63. The quantitative estimate of drug-likeness (QED) is 0.232. The zero-order valence-corrected chi connectivity index (χ0v) is 15.6. The topological polar surface area (TPSA) is 37.3 Å². The number of aliphatic carboxylic acids is 1. The maximum Gasteiger partial charge on any atom is 0.316 e. The number of rotatable bonds is 17. The summed E-state index contributed by atoms with van der Waals surface area (Å²) < 4.78 is 0. The highest BCUT2D eigenvalue weighted by molar-refractivity contribution is 7.81. The summed E-state index contributed by atoms with van der Waals surface area (Å²) >= 11 is 4.05. The van der Waals surface area contributed by atoms with Gasteiger partial charge in [0, 0.05) is 0 Å². The van der Waals surface area contributed by atoms with E-state index in [1.807, 2.05) is 0 Å². The third kappa shape index (κ3) is 16.2. The fourth-order valence-corrected chi connectivity index (χ4v) is 3.02. The maximum atomic E-state index is 10.6. The minimum absolute atomic E-state index is 0.470. The zero-order chi connectivity index (χ0) is 16.5. The van der Waals surface area contributed by atoms with E-state index in [0.29, 0.717) is 6.42 Å². The van der Waals surface area contributed by atoms with Crippen molar-refractivity contribution in [2.24, 2.45) is 0 Å². The molecule has 0 amide bonds. The molecule has 0 aromatic carbocycles. The number of carboxylic acids is 1. The molecular formula is C19H38O2S. The summed E-state index contributed by atoms with van der Waals surface area (Å²) in [6, 6.07) is 0. The minimum Gasteiger partial charge on any atom is -0.480 e. The Bertz CT molecular complexity index is 244. The molecule has 0 heterocycles. The Morgan fingerprint density at radius 1 is 0.727 bits per heavy atom. The van der Waals surface area contributed by atoms with Gasteiger partial charge in [0.2, 0.25) is 0 Å². The molecule has 0 aliphatic heterocycles. The van der Waals surface area contributed by atoms with Crippen LogP contribution in [0.4, 0.5) is 0 Å². The zero-order valence-electron chi connectivity index (χ0n) is 14.7. The Kier molecular flexibility index (Phi) is 17.0. The largest absolute Gasteiger partial charge is 0.480 e. The number of hydrogen-bond acceptors (Lipinski definition) is 2. The van der Waals surface area contributed by atoms with E-state index in [2.05, 4.69) is 19.6 Å². The molecular weight excluding hydrogens is 292 g/mol. The van der Waals surface area contributed by atoms with Gasteiger partial charge in [0.1, 0.15) is 0 Å². The summed E-state index contributed by atoms with van der Waals surface area (Å²) in [5.74, 6) is -0.784. The fraction of sp³-hybridized carbons (Fsp3) is 0.947. The van der Waals surface area contributed by atoms with Crippen LogP contribution in [0, 0.1) is 0 Å². The van der Waals surface area contributed by atoms with Gasteiger partial charge >= 0.3 is 5.97 Å². The molecule has 0 spiro atoms. The van der Waals surface area contributed by atoms with E-state index in [4.69, 9.17) is 5.11 Å². The van der Waals surface area contributed by atoms with Crippen LogP contribution in [-0.4, -0.2) is 16.3 Å². The van der Waals surface area contributed by atoms with E-state index < -0.39 is 11.2 Å². The molecule has 1 N–H and O–H groups in total. The number of unbranched alkanes of at least 4 members (excludes halogenated alkanes) is 14. The average molecular weight is 331 g/mol. The van der Waals surface area contributed by atoms with Crippen molar-refractivity contribution in [3.05, 3.63) is 0 Å². The second kappa shape index (κ2) is 17.2. The molecule has 1 unspecified atom stereocenters. The van der Waals surface area contributed by atoms with Crippen LogP contribution >= 0.6 is 12.6 Å². The monoisotopic (exact) mass is 330 g/mol. The van der Waals surface area contributed by atoms with Crippen LogP contribution in [0.15, 0.2) is 0 Å². The van der Waals surface area contributed by atoms with Gasteiger partial charge in [-0.3, -0.25) is 4.79 Å². The first-order valence-corrected chi connectivity index (χ1v) is 10.1. The second-order valence-corrected chi connectivity index (χ2v) is 7.22. The molecule has 132 valence electrons. The van der Waals surface area contributed by atoms with Crippen molar-refractivity contribution in [3.63, 3.8) is 0 Å². The van der Waals surface area contributed by atoms with Crippen LogP contribution in [0.1, 0.15) is 110 Å². The molecule has 0 aromatic heterocycles. The summed E-state index contributed by atoms with van der Waals surface area (Å²) in [4.78, 5) is 10.6. The van der Waals surface area contributed by atoms with Crippen LogP contribution in [0.5, 0.6) is 0 Å². The van der Waals surface area contributed by atoms with E-state index in [0.717, 1.165) is 12.8 Å². The van der Waals surface area contributed by atoms with E-state index in [-0.39, 0.29) is 0 Å². The fourth-order valence-electron chi connectivity index (χ4n) is 2.83. The second-order valence-electron chi connectivity index (χ2n) is 6.59. The minimum atomic E-state index is -0.784. The number of hydrogen-bond donors (Lipinski definition) is 2. The third-order valence-electron chi connectivity index (χ3n) is 4.37. The average Bonchev–Trinajstić information content (AvgIpc) is 2.50. The van der Waals surface area contributed by atoms with Crippen molar-refractivity contribution in [2.75, 3.05) is 0 Å². The molecule has 0 fully saturated rings. The Labute approximate surface area is 143 Å². The van der Waals surface area contributed by atoms with Crippen molar-refractivity contribution in [3.8, 4) is 0 Å².